The van der Waals surface area contributed by atoms with E-state index >= 15 is 0 Å². The molecule has 1 aliphatic rings. The second-order valence-corrected chi connectivity index (χ2v) is 7.53. The Kier molecular flexibility index (Phi) is 3.85. The van der Waals surface area contributed by atoms with Gasteiger partial charge in [-0.1, -0.05) is 54.9 Å². The maximum atomic E-state index is 5.99. The molecular formula is C17H18ClN5O2. The van der Waals surface area contributed by atoms with E-state index in [-0.39, 0.29) is 11.5 Å². The summed E-state index contributed by atoms with van der Waals surface area (Å²) in [7, 11) is 0. The van der Waals surface area contributed by atoms with E-state index in [9.17, 15) is 0 Å². The number of hydrogen-bond donors (Lipinski definition) is 0. The first kappa shape index (κ1) is 16.2. The zero-order chi connectivity index (χ0) is 17.6. The van der Waals surface area contributed by atoms with Crippen LogP contribution in [-0.2, 0) is 23.3 Å². The van der Waals surface area contributed by atoms with Crippen LogP contribution < -0.4 is 0 Å². The lowest BCUT2D eigenvalue weighted by Gasteiger charge is -2.24. The van der Waals surface area contributed by atoms with Gasteiger partial charge in [0.25, 0.3) is 5.89 Å². The number of halogens is 1. The molecule has 25 heavy (non-hydrogen) atoms. The molecule has 7 nitrogen and oxygen atoms in total. The fourth-order valence-corrected chi connectivity index (χ4v) is 2.81. The van der Waals surface area contributed by atoms with E-state index in [1.165, 1.54) is 0 Å². The van der Waals surface area contributed by atoms with Gasteiger partial charge < -0.3 is 9.26 Å². The van der Waals surface area contributed by atoms with E-state index in [4.69, 9.17) is 20.9 Å². The van der Waals surface area contributed by atoms with Crippen LogP contribution in [0, 0.1) is 0 Å². The first-order chi connectivity index (χ1) is 11.9. The minimum atomic E-state index is -0.189. The Bertz CT molecular complexity index is 895. The molecule has 0 saturated heterocycles. The molecule has 0 aliphatic carbocycles. The standard InChI is InChI=1S/C17H18ClN5O2/c1-17(2,3)16-19-15(25-21-16)14-12-9-24-13(8-23(12)22-20-14)10-4-6-11(18)7-5-10/h4-7,13H,8-9H2,1-3H3. The highest BCUT2D eigenvalue weighted by molar-refractivity contribution is 6.30. The first-order valence-corrected chi connectivity index (χ1v) is 8.43. The Morgan fingerprint density at radius 1 is 1.20 bits per heavy atom. The molecule has 0 saturated carbocycles. The Balaban J connectivity index is 1.60. The molecule has 3 heterocycles. The van der Waals surface area contributed by atoms with Gasteiger partial charge in [-0.15, -0.1) is 5.10 Å². The summed E-state index contributed by atoms with van der Waals surface area (Å²) < 4.78 is 13.2. The number of fused-ring (bicyclic) bond motifs is 1. The van der Waals surface area contributed by atoms with Crippen LogP contribution >= 0.6 is 11.6 Å². The van der Waals surface area contributed by atoms with Gasteiger partial charge in [-0.3, -0.25) is 0 Å². The van der Waals surface area contributed by atoms with Gasteiger partial charge >= 0.3 is 0 Å². The van der Waals surface area contributed by atoms with Crippen molar-refractivity contribution in [3.05, 3.63) is 46.4 Å². The van der Waals surface area contributed by atoms with Gasteiger partial charge in [-0.05, 0) is 17.7 Å². The van der Waals surface area contributed by atoms with E-state index in [0.717, 1.165) is 11.3 Å². The molecule has 3 aromatic rings. The zero-order valence-electron chi connectivity index (χ0n) is 14.2. The van der Waals surface area contributed by atoms with Crippen molar-refractivity contribution < 1.29 is 9.26 Å². The molecule has 130 valence electrons. The first-order valence-electron chi connectivity index (χ1n) is 8.06. The summed E-state index contributed by atoms with van der Waals surface area (Å²) in [6.07, 6.45) is -0.0906. The minimum Gasteiger partial charge on any atom is -0.365 e. The van der Waals surface area contributed by atoms with E-state index in [0.29, 0.717) is 35.6 Å². The lowest BCUT2D eigenvalue weighted by atomic mass is 9.96. The number of hydrogen-bond acceptors (Lipinski definition) is 6. The second-order valence-electron chi connectivity index (χ2n) is 7.09. The van der Waals surface area contributed by atoms with Crippen LogP contribution in [0.25, 0.3) is 11.6 Å². The Morgan fingerprint density at radius 3 is 2.64 bits per heavy atom. The topological polar surface area (TPSA) is 78.9 Å². The van der Waals surface area contributed by atoms with Gasteiger partial charge in [0.1, 0.15) is 6.10 Å². The van der Waals surface area contributed by atoms with E-state index in [2.05, 4.69) is 20.5 Å². The van der Waals surface area contributed by atoms with Gasteiger partial charge in [0.15, 0.2) is 11.5 Å². The van der Waals surface area contributed by atoms with Crippen LogP contribution in [0.15, 0.2) is 28.8 Å². The summed E-state index contributed by atoms with van der Waals surface area (Å²) in [6.45, 7) is 7.04. The highest BCUT2D eigenvalue weighted by atomic mass is 35.5. The fraction of sp³-hybridized carbons (Fsp3) is 0.412. The Hall–Kier alpha value is -2.25. The number of benzene rings is 1. The van der Waals surface area contributed by atoms with Crippen LogP contribution in [0.1, 0.15) is 44.0 Å². The number of aromatic nitrogens is 5. The lowest BCUT2D eigenvalue weighted by Crippen LogP contribution is -2.22. The molecule has 4 rings (SSSR count). The van der Waals surface area contributed by atoms with E-state index in [1.54, 1.807) is 0 Å². The molecule has 1 unspecified atom stereocenters. The minimum absolute atomic E-state index is 0.0906. The van der Waals surface area contributed by atoms with Crippen molar-refractivity contribution in [2.45, 2.75) is 45.4 Å². The molecule has 8 heteroatoms. The van der Waals surface area contributed by atoms with Crippen LogP contribution in [0.4, 0.5) is 0 Å². The van der Waals surface area contributed by atoms with Crippen molar-refractivity contribution in [1.29, 1.82) is 0 Å². The van der Waals surface area contributed by atoms with Crippen molar-refractivity contribution in [3.63, 3.8) is 0 Å². The summed E-state index contributed by atoms with van der Waals surface area (Å²) in [4.78, 5) is 4.46. The normalized spacial score (nSPS) is 17.5. The lowest BCUT2D eigenvalue weighted by molar-refractivity contribution is -0.00117. The molecule has 2 aromatic heterocycles. The van der Waals surface area contributed by atoms with Crippen LogP contribution in [-0.4, -0.2) is 25.1 Å². The third-order valence-electron chi connectivity index (χ3n) is 4.14. The number of nitrogens with zero attached hydrogens (tertiary/aromatic N) is 5. The summed E-state index contributed by atoms with van der Waals surface area (Å²) in [5.41, 5.74) is 2.29. The SMILES string of the molecule is CC(C)(C)c1noc(-c2nnn3c2COC(c2ccc(Cl)cc2)C3)n1. The molecular weight excluding hydrogens is 342 g/mol. The predicted octanol–water partition coefficient (Wildman–Crippen LogP) is 3.55. The maximum Gasteiger partial charge on any atom is 0.280 e. The van der Waals surface area contributed by atoms with Crippen molar-refractivity contribution in [2.24, 2.45) is 0 Å². The number of ether oxygens (including phenoxy) is 1. The Labute approximate surface area is 149 Å². The largest absolute Gasteiger partial charge is 0.365 e. The average molecular weight is 360 g/mol. The molecule has 0 amide bonds. The second kappa shape index (κ2) is 5.93. The van der Waals surface area contributed by atoms with Crippen molar-refractivity contribution in [3.8, 4) is 11.6 Å². The Morgan fingerprint density at radius 2 is 1.96 bits per heavy atom. The molecule has 0 radical (unpaired) electrons. The molecule has 0 spiro atoms. The molecule has 1 aromatic carbocycles. The summed E-state index contributed by atoms with van der Waals surface area (Å²) in [6, 6.07) is 7.64. The summed E-state index contributed by atoms with van der Waals surface area (Å²) in [5, 5.41) is 13.2. The molecule has 1 atom stereocenters. The van der Waals surface area contributed by atoms with E-state index in [1.807, 2.05) is 49.7 Å². The van der Waals surface area contributed by atoms with Crippen molar-refractivity contribution >= 4 is 11.6 Å². The monoisotopic (exact) mass is 359 g/mol. The van der Waals surface area contributed by atoms with Crippen LogP contribution in [0.5, 0.6) is 0 Å². The average Bonchev–Trinajstić information content (AvgIpc) is 3.21. The number of rotatable bonds is 2. The smallest absolute Gasteiger partial charge is 0.280 e. The summed E-state index contributed by atoms with van der Waals surface area (Å²) in [5.74, 6) is 1.01. The fourth-order valence-electron chi connectivity index (χ4n) is 2.68. The molecule has 0 N–H and O–H groups in total. The third kappa shape index (κ3) is 3.05. The predicted molar refractivity (Wildman–Crippen MR) is 91.0 cm³/mol. The van der Waals surface area contributed by atoms with Gasteiger partial charge in [0.2, 0.25) is 0 Å². The van der Waals surface area contributed by atoms with E-state index < -0.39 is 0 Å². The maximum absolute atomic E-state index is 5.99. The van der Waals surface area contributed by atoms with Crippen LogP contribution in [0.3, 0.4) is 0 Å². The highest BCUT2D eigenvalue weighted by Gasteiger charge is 2.29. The van der Waals surface area contributed by atoms with Crippen molar-refractivity contribution in [1.82, 2.24) is 25.1 Å². The van der Waals surface area contributed by atoms with Crippen molar-refractivity contribution in [2.75, 3.05) is 0 Å². The van der Waals surface area contributed by atoms with Gasteiger partial charge in [0, 0.05) is 10.4 Å². The molecule has 1 aliphatic heterocycles. The summed E-state index contributed by atoms with van der Waals surface area (Å²) >= 11 is 5.95. The molecule has 0 bridgehead atoms. The van der Waals surface area contributed by atoms with Gasteiger partial charge in [0.05, 0.1) is 18.8 Å². The zero-order valence-corrected chi connectivity index (χ0v) is 15.0. The highest BCUT2D eigenvalue weighted by Crippen LogP contribution is 2.31. The van der Waals surface area contributed by atoms with Gasteiger partial charge in [-0.2, -0.15) is 4.98 Å². The third-order valence-corrected chi connectivity index (χ3v) is 4.39. The quantitative estimate of drug-likeness (QED) is 0.696. The van der Waals surface area contributed by atoms with Gasteiger partial charge in [-0.25, -0.2) is 4.68 Å². The molecule has 0 fully saturated rings. The van der Waals surface area contributed by atoms with Crippen LogP contribution in [0.2, 0.25) is 5.02 Å².